The van der Waals surface area contributed by atoms with Crippen molar-refractivity contribution >= 4 is 29.2 Å². The third-order valence-electron chi connectivity index (χ3n) is 2.22. The monoisotopic (exact) mass is 266 g/mol. The van der Waals surface area contributed by atoms with Gasteiger partial charge < -0.3 is 5.43 Å². The van der Waals surface area contributed by atoms with E-state index < -0.39 is 0 Å². The molecule has 0 aliphatic heterocycles. The van der Waals surface area contributed by atoms with Gasteiger partial charge in [-0.15, -0.1) is 0 Å². The van der Waals surface area contributed by atoms with Crippen LogP contribution in [-0.2, 0) is 0 Å². The molecule has 0 bridgehead atoms. The maximum atomic E-state index is 6.10. The van der Waals surface area contributed by atoms with Crippen molar-refractivity contribution in [1.82, 2.24) is 9.97 Å². The Morgan fingerprint density at radius 2 is 2.06 bits per heavy atom. The zero-order valence-corrected chi connectivity index (χ0v) is 10.7. The fraction of sp³-hybridized carbons (Fsp3) is 0.0909. The Bertz CT molecular complexity index is 533. The van der Waals surface area contributed by atoms with Crippen LogP contribution in [0.3, 0.4) is 0 Å². The number of hydrogen-bond acceptors (Lipinski definition) is 5. The summed E-state index contributed by atoms with van der Waals surface area (Å²) in [5.74, 6) is 5.99. The highest BCUT2D eigenvalue weighted by Crippen LogP contribution is 2.34. The van der Waals surface area contributed by atoms with E-state index in [4.69, 9.17) is 17.4 Å². The lowest BCUT2D eigenvalue weighted by atomic mass is 10.3. The number of hydrogen-bond donors (Lipinski definition) is 2. The molecule has 0 spiro atoms. The van der Waals surface area contributed by atoms with Crippen molar-refractivity contribution in [3.63, 3.8) is 0 Å². The van der Waals surface area contributed by atoms with Crippen molar-refractivity contribution in [1.29, 1.82) is 0 Å². The molecular weight excluding hydrogens is 256 g/mol. The van der Waals surface area contributed by atoms with Crippen LogP contribution in [-0.4, -0.2) is 9.97 Å². The lowest BCUT2D eigenvalue weighted by molar-refractivity contribution is 0.996. The minimum absolute atomic E-state index is 0.620. The van der Waals surface area contributed by atoms with Crippen molar-refractivity contribution in [2.45, 2.75) is 16.8 Å². The van der Waals surface area contributed by atoms with Gasteiger partial charge >= 0.3 is 0 Å². The van der Waals surface area contributed by atoms with Gasteiger partial charge in [0.2, 0.25) is 0 Å². The maximum absolute atomic E-state index is 6.10. The number of nitrogens with two attached hydrogens (primary N) is 1. The summed E-state index contributed by atoms with van der Waals surface area (Å²) in [5, 5.41) is 1.54. The lowest BCUT2D eigenvalue weighted by Gasteiger charge is -2.08. The molecule has 0 fully saturated rings. The first-order valence-corrected chi connectivity index (χ1v) is 6.12. The molecule has 3 N–H and O–H groups in total. The molecule has 0 amide bonds. The summed E-state index contributed by atoms with van der Waals surface area (Å²) >= 11 is 7.59. The van der Waals surface area contributed by atoms with E-state index in [0.717, 1.165) is 15.5 Å². The number of aromatic nitrogens is 2. The summed E-state index contributed by atoms with van der Waals surface area (Å²) in [6.45, 7) is 1.91. The predicted molar refractivity (Wildman–Crippen MR) is 70.2 cm³/mol. The molecule has 0 saturated carbocycles. The van der Waals surface area contributed by atoms with Gasteiger partial charge in [0.25, 0.3) is 0 Å². The zero-order chi connectivity index (χ0) is 12.3. The number of hydrazine groups is 1. The molecular formula is C11H11ClN4S. The van der Waals surface area contributed by atoms with Gasteiger partial charge in [-0.3, -0.25) is 0 Å². The highest BCUT2D eigenvalue weighted by atomic mass is 35.5. The summed E-state index contributed by atoms with van der Waals surface area (Å²) in [6.07, 6.45) is 1.47. The number of benzene rings is 1. The molecule has 4 nitrogen and oxygen atoms in total. The normalized spacial score (nSPS) is 10.3. The van der Waals surface area contributed by atoms with Crippen molar-refractivity contribution in [3.8, 4) is 0 Å². The number of nitrogens with one attached hydrogen (secondary N) is 1. The minimum Gasteiger partial charge on any atom is -0.308 e. The van der Waals surface area contributed by atoms with Crippen LogP contribution in [0.15, 0.2) is 40.5 Å². The van der Waals surface area contributed by atoms with E-state index in [0.29, 0.717) is 10.8 Å². The van der Waals surface area contributed by atoms with Crippen molar-refractivity contribution in [2.75, 3.05) is 5.43 Å². The maximum Gasteiger partial charge on any atom is 0.147 e. The zero-order valence-electron chi connectivity index (χ0n) is 9.14. The van der Waals surface area contributed by atoms with Crippen molar-refractivity contribution in [2.24, 2.45) is 5.84 Å². The highest BCUT2D eigenvalue weighted by Gasteiger charge is 2.09. The lowest BCUT2D eigenvalue weighted by Crippen LogP contribution is -2.10. The first kappa shape index (κ1) is 12.2. The number of nitrogen functional groups attached to an aromatic ring is 1. The second-order valence-corrected chi connectivity index (χ2v) is 4.77. The fourth-order valence-electron chi connectivity index (χ4n) is 1.31. The molecule has 0 aliphatic carbocycles. The van der Waals surface area contributed by atoms with Gasteiger partial charge in [0.15, 0.2) is 0 Å². The average molecular weight is 267 g/mol. The van der Waals surface area contributed by atoms with Gasteiger partial charge in [-0.2, -0.15) is 0 Å². The quantitative estimate of drug-likeness (QED) is 0.508. The molecule has 0 saturated heterocycles. The Balaban J connectivity index is 2.34. The van der Waals surface area contributed by atoms with Crippen LogP contribution in [0.1, 0.15) is 5.56 Å². The van der Waals surface area contributed by atoms with Crippen LogP contribution in [0.2, 0.25) is 5.02 Å². The molecule has 1 aromatic heterocycles. The molecule has 17 heavy (non-hydrogen) atoms. The van der Waals surface area contributed by atoms with Crippen LogP contribution in [0.25, 0.3) is 0 Å². The number of anilines is 1. The summed E-state index contributed by atoms with van der Waals surface area (Å²) in [6, 6.07) is 7.63. The van der Waals surface area contributed by atoms with Crippen LogP contribution in [0.5, 0.6) is 0 Å². The summed E-state index contributed by atoms with van der Waals surface area (Å²) in [7, 11) is 0. The second-order valence-electron chi connectivity index (χ2n) is 3.33. The Hall–Kier alpha value is -1.30. The third kappa shape index (κ3) is 2.69. The average Bonchev–Trinajstić information content (AvgIpc) is 2.34. The Morgan fingerprint density at radius 1 is 1.29 bits per heavy atom. The summed E-state index contributed by atoms with van der Waals surface area (Å²) in [4.78, 5) is 9.21. The Kier molecular flexibility index (Phi) is 3.83. The van der Waals surface area contributed by atoms with Crippen LogP contribution in [0, 0.1) is 6.92 Å². The SMILES string of the molecule is Cc1c(NN)ncnc1Sc1ccccc1Cl. The van der Waals surface area contributed by atoms with E-state index in [-0.39, 0.29) is 0 Å². The molecule has 88 valence electrons. The first-order valence-electron chi connectivity index (χ1n) is 4.93. The van der Waals surface area contributed by atoms with E-state index in [1.165, 1.54) is 18.1 Å². The summed E-state index contributed by atoms with van der Waals surface area (Å²) in [5.41, 5.74) is 3.44. The van der Waals surface area contributed by atoms with E-state index in [1.807, 2.05) is 31.2 Å². The van der Waals surface area contributed by atoms with Gasteiger partial charge in [0.05, 0.1) is 5.02 Å². The third-order valence-corrected chi connectivity index (χ3v) is 3.84. The number of nitrogens with zero attached hydrogens (tertiary/aromatic N) is 2. The molecule has 0 aliphatic rings. The highest BCUT2D eigenvalue weighted by molar-refractivity contribution is 7.99. The van der Waals surface area contributed by atoms with Gasteiger partial charge in [-0.05, 0) is 19.1 Å². The van der Waals surface area contributed by atoms with E-state index in [2.05, 4.69) is 15.4 Å². The number of rotatable bonds is 3. The van der Waals surface area contributed by atoms with Gasteiger partial charge in [0.1, 0.15) is 17.2 Å². The van der Waals surface area contributed by atoms with Crippen LogP contribution < -0.4 is 11.3 Å². The second kappa shape index (κ2) is 5.35. The topological polar surface area (TPSA) is 63.8 Å². The van der Waals surface area contributed by atoms with Crippen LogP contribution in [0.4, 0.5) is 5.82 Å². The van der Waals surface area contributed by atoms with E-state index >= 15 is 0 Å². The van der Waals surface area contributed by atoms with Gasteiger partial charge in [-0.1, -0.05) is 35.5 Å². The smallest absolute Gasteiger partial charge is 0.147 e. The van der Waals surface area contributed by atoms with Crippen molar-refractivity contribution < 1.29 is 0 Å². The molecule has 0 atom stereocenters. The Morgan fingerprint density at radius 3 is 2.76 bits per heavy atom. The van der Waals surface area contributed by atoms with Gasteiger partial charge in [0, 0.05) is 10.5 Å². The fourth-order valence-corrected chi connectivity index (χ4v) is 2.44. The van der Waals surface area contributed by atoms with E-state index in [9.17, 15) is 0 Å². The van der Waals surface area contributed by atoms with Crippen molar-refractivity contribution in [3.05, 3.63) is 41.2 Å². The first-order chi connectivity index (χ1) is 8.22. The van der Waals surface area contributed by atoms with Gasteiger partial charge in [-0.25, -0.2) is 15.8 Å². The van der Waals surface area contributed by atoms with Crippen LogP contribution >= 0.6 is 23.4 Å². The molecule has 0 unspecified atom stereocenters. The Labute approximate surface area is 109 Å². The largest absolute Gasteiger partial charge is 0.308 e. The molecule has 1 heterocycles. The molecule has 6 heteroatoms. The molecule has 0 radical (unpaired) electrons. The molecule has 1 aromatic carbocycles. The molecule has 2 aromatic rings. The van der Waals surface area contributed by atoms with E-state index in [1.54, 1.807) is 0 Å². The molecule has 2 rings (SSSR count). The summed E-state index contributed by atoms with van der Waals surface area (Å²) < 4.78 is 0. The minimum atomic E-state index is 0.620. The standard InChI is InChI=1S/C11H11ClN4S/c1-7-10(16-13)14-6-15-11(7)17-9-5-3-2-4-8(9)12/h2-6H,13H2,1H3,(H,14,15,16). The number of halogens is 1. The predicted octanol–water partition coefficient (Wildman–Crippen LogP) is 2.88.